The summed E-state index contributed by atoms with van der Waals surface area (Å²) in [6, 6.07) is 14.2. The second kappa shape index (κ2) is 9.49. The first-order valence-corrected chi connectivity index (χ1v) is 11.2. The van der Waals surface area contributed by atoms with Crippen molar-refractivity contribution in [2.45, 2.75) is 18.9 Å². The third kappa shape index (κ3) is 4.29. The van der Waals surface area contributed by atoms with E-state index in [9.17, 15) is 15.2 Å². The number of aromatic carboxylic acids is 1. The Bertz CT molecular complexity index is 1450. The highest BCUT2D eigenvalue weighted by atomic mass is 16.5. The molecule has 5 rings (SSSR count). The number of furan rings is 1. The van der Waals surface area contributed by atoms with Crippen molar-refractivity contribution < 1.29 is 28.5 Å². The van der Waals surface area contributed by atoms with Gasteiger partial charge in [-0.3, -0.25) is 4.98 Å². The van der Waals surface area contributed by atoms with Crippen molar-refractivity contribution in [3.05, 3.63) is 66.1 Å². The summed E-state index contributed by atoms with van der Waals surface area (Å²) >= 11 is 0. The van der Waals surface area contributed by atoms with Crippen LogP contribution in [0.25, 0.3) is 33.4 Å². The number of pyridine rings is 1. The molecular weight excluding hydrogens is 448 g/mol. The van der Waals surface area contributed by atoms with E-state index < -0.39 is 5.97 Å². The van der Waals surface area contributed by atoms with Gasteiger partial charge in [0.25, 0.3) is 0 Å². The van der Waals surface area contributed by atoms with Gasteiger partial charge in [0.15, 0.2) is 5.58 Å². The molecule has 0 unspecified atom stereocenters. The minimum absolute atomic E-state index is 0.0319. The average Bonchev–Trinajstić information content (AvgIpc) is 3.33. The number of nitrogens with zero attached hydrogens (tertiary/aromatic N) is 2. The van der Waals surface area contributed by atoms with Crippen LogP contribution in [-0.2, 0) is 4.74 Å². The van der Waals surface area contributed by atoms with Crippen molar-refractivity contribution in [1.29, 1.82) is 5.26 Å². The monoisotopic (exact) mass is 470 g/mol. The molecule has 3 heterocycles. The number of methoxy groups -OCH3 is 1. The molecule has 1 aliphatic rings. The van der Waals surface area contributed by atoms with Gasteiger partial charge in [-0.1, -0.05) is 6.07 Å². The van der Waals surface area contributed by atoms with E-state index in [-0.39, 0.29) is 11.7 Å². The lowest BCUT2D eigenvalue weighted by atomic mass is 10.00. The van der Waals surface area contributed by atoms with E-state index in [2.05, 4.69) is 11.1 Å². The minimum atomic E-state index is -1.04. The van der Waals surface area contributed by atoms with Crippen LogP contribution in [0.2, 0.25) is 0 Å². The topological polar surface area (TPSA) is 115 Å². The standard InChI is InChI=1S/C27H22N2O6/c1-32-24-13-17(27(30)31)2-4-21(24)22-15-34-26-20(6-9-29-25(22)26)16-3-5-23(18(12-16)14-28)35-19-7-10-33-11-8-19/h2-6,9,12-13,15,19H,7-8,10-11H2,1H3,(H,30,31). The van der Waals surface area contributed by atoms with Crippen molar-refractivity contribution in [3.63, 3.8) is 0 Å². The fourth-order valence-corrected chi connectivity index (χ4v) is 4.26. The van der Waals surface area contributed by atoms with Crippen molar-refractivity contribution >= 4 is 17.1 Å². The van der Waals surface area contributed by atoms with E-state index in [0.717, 1.165) is 24.0 Å². The van der Waals surface area contributed by atoms with Gasteiger partial charge in [-0.05, 0) is 42.0 Å². The highest BCUT2D eigenvalue weighted by Gasteiger charge is 2.20. The molecule has 2 aromatic heterocycles. The highest BCUT2D eigenvalue weighted by Crippen LogP contribution is 2.40. The quantitative estimate of drug-likeness (QED) is 0.404. The molecule has 8 nitrogen and oxygen atoms in total. The fourth-order valence-electron chi connectivity index (χ4n) is 4.26. The van der Waals surface area contributed by atoms with Gasteiger partial charge in [-0.15, -0.1) is 0 Å². The number of hydrogen-bond acceptors (Lipinski definition) is 7. The maximum atomic E-state index is 11.3. The Morgan fingerprint density at radius 3 is 2.66 bits per heavy atom. The number of nitriles is 1. The second-order valence-electron chi connectivity index (χ2n) is 8.16. The summed E-state index contributed by atoms with van der Waals surface area (Å²) in [6.07, 6.45) is 4.87. The van der Waals surface area contributed by atoms with Crippen LogP contribution in [0, 0.1) is 11.3 Å². The van der Waals surface area contributed by atoms with Gasteiger partial charge < -0.3 is 23.7 Å². The maximum absolute atomic E-state index is 11.3. The molecule has 35 heavy (non-hydrogen) atoms. The molecule has 1 fully saturated rings. The summed E-state index contributed by atoms with van der Waals surface area (Å²) in [5.74, 6) is -0.0807. The normalized spacial score (nSPS) is 13.9. The van der Waals surface area contributed by atoms with Crippen molar-refractivity contribution in [1.82, 2.24) is 4.98 Å². The summed E-state index contributed by atoms with van der Waals surface area (Å²) in [6.45, 7) is 1.31. The first kappa shape index (κ1) is 22.4. The summed E-state index contributed by atoms with van der Waals surface area (Å²) in [7, 11) is 1.49. The number of carboxylic acid groups (broad SMARTS) is 1. The number of aromatic nitrogens is 1. The van der Waals surface area contributed by atoms with Crippen LogP contribution in [0.3, 0.4) is 0 Å². The van der Waals surface area contributed by atoms with Crippen molar-refractivity contribution in [3.8, 4) is 39.8 Å². The number of rotatable bonds is 6. The average molecular weight is 470 g/mol. The first-order valence-electron chi connectivity index (χ1n) is 11.2. The predicted octanol–water partition coefficient (Wildman–Crippen LogP) is 5.30. The van der Waals surface area contributed by atoms with Crippen LogP contribution in [0.15, 0.2) is 59.3 Å². The van der Waals surface area contributed by atoms with Gasteiger partial charge in [-0.25, -0.2) is 4.79 Å². The number of carbonyl (C=O) groups is 1. The fraction of sp³-hybridized carbons (Fsp3) is 0.222. The Balaban J connectivity index is 1.53. The van der Waals surface area contributed by atoms with Crippen molar-refractivity contribution in [2.75, 3.05) is 20.3 Å². The number of hydrogen-bond donors (Lipinski definition) is 1. The molecule has 1 aliphatic heterocycles. The molecular formula is C27H22N2O6. The maximum Gasteiger partial charge on any atom is 0.335 e. The predicted molar refractivity (Wildman–Crippen MR) is 128 cm³/mol. The lowest BCUT2D eigenvalue weighted by molar-refractivity contribution is 0.0254. The van der Waals surface area contributed by atoms with Crippen LogP contribution in [0.4, 0.5) is 0 Å². The zero-order valence-electron chi connectivity index (χ0n) is 19.0. The number of benzene rings is 2. The van der Waals surface area contributed by atoms with E-state index in [1.54, 1.807) is 24.6 Å². The SMILES string of the molecule is COc1cc(C(=O)O)ccc1-c1coc2c(-c3ccc(OC4CCOCC4)c(C#N)c3)ccnc12. The van der Waals surface area contributed by atoms with Crippen LogP contribution in [-0.4, -0.2) is 42.5 Å². The minimum Gasteiger partial charge on any atom is -0.496 e. The zero-order valence-corrected chi connectivity index (χ0v) is 19.0. The van der Waals surface area contributed by atoms with E-state index in [1.165, 1.54) is 19.2 Å². The third-order valence-corrected chi connectivity index (χ3v) is 6.07. The Labute approximate surface area is 201 Å². The van der Waals surface area contributed by atoms with Crippen LogP contribution >= 0.6 is 0 Å². The van der Waals surface area contributed by atoms with Crippen molar-refractivity contribution in [2.24, 2.45) is 0 Å². The van der Waals surface area contributed by atoms with Gasteiger partial charge >= 0.3 is 5.97 Å². The number of ether oxygens (including phenoxy) is 3. The Morgan fingerprint density at radius 2 is 1.91 bits per heavy atom. The molecule has 1 saturated heterocycles. The molecule has 0 spiro atoms. The molecule has 176 valence electrons. The molecule has 0 radical (unpaired) electrons. The van der Waals surface area contributed by atoms with Crippen LogP contribution < -0.4 is 9.47 Å². The molecule has 0 aliphatic carbocycles. The first-order chi connectivity index (χ1) is 17.1. The highest BCUT2D eigenvalue weighted by molar-refractivity contribution is 6.00. The molecule has 0 amide bonds. The van der Waals surface area contributed by atoms with Gasteiger partial charge in [-0.2, -0.15) is 5.26 Å². The molecule has 4 aromatic rings. The van der Waals surface area contributed by atoms with E-state index in [0.29, 0.717) is 52.5 Å². The number of fused-ring (bicyclic) bond motifs is 1. The molecule has 2 aromatic carbocycles. The second-order valence-corrected chi connectivity index (χ2v) is 8.16. The summed E-state index contributed by atoms with van der Waals surface area (Å²) in [5, 5.41) is 19.0. The molecule has 0 atom stereocenters. The van der Waals surface area contributed by atoms with E-state index in [1.807, 2.05) is 18.2 Å². The molecule has 1 N–H and O–H groups in total. The van der Waals surface area contributed by atoms with Crippen LogP contribution in [0.5, 0.6) is 11.5 Å². The van der Waals surface area contributed by atoms with Gasteiger partial charge in [0.2, 0.25) is 0 Å². The summed E-state index contributed by atoms with van der Waals surface area (Å²) < 4.78 is 22.8. The lowest BCUT2D eigenvalue weighted by Crippen LogP contribution is -2.26. The Morgan fingerprint density at radius 1 is 1.09 bits per heavy atom. The largest absolute Gasteiger partial charge is 0.496 e. The summed E-state index contributed by atoms with van der Waals surface area (Å²) in [4.78, 5) is 15.9. The zero-order chi connectivity index (χ0) is 24.4. The molecule has 0 saturated carbocycles. The Hall–Kier alpha value is -4.35. The smallest absolute Gasteiger partial charge is 0.335 e. The summed E-state index contributed by atoms with van der Waals surface area (Å²) in [5.41, 5.74) is 4.63. The van der Waals surface area contributed by atoms with Gasteiger partial charge in [0.05, 0.1) is 37.0 Å². The molecule has 0 bridgehead atoms. The van der Waals surface area contributed by atoms with E-state index in [4.69, 9.17) is 18.6 Å². The van der Waals surface area contributed by atoms with Crippen LogP contribution in [0.1, 0.15) is 28.8 Å². The Kier molecular flexibility index (Phi) is 6.08. The lowest BCUT2D eigenvalue weighted by Gasteiger charge is -2.23. The van der Waals surface area contributed by atoms with Gasteiger partial charge in [0.1, 0.15) is 35.5 Å². The van der Waals surface area contributed by atoms with E-state index >= 15 is 0 Å². The third-order valence-electron chi connectivity index (χ3n) is 6.07. The molecule has 8 heteroatoms. The number of carboxylic acids is 1. The van der Waals surface area contributed by atoms with Gasteiger partial charge in [0, 0.05) is 30.2 Å².